The van der Waals surface area contributed by atoms with Gasteiger partial charge in [0.25, 0.3) is 5.78 Å². The Balaban J connectivity index is 0.00000261. The normalized spacial score (nSPS) is 10.7. The molecule has 3 aromatic rings. The summed E-state index contributed by atoms with van der Waals surface area (Å²) in [4.78, 5) is 20.9. The van der Waals surface area contributed by atoms with Gasteiger partial charge in [0.2, 0.25) is 5.91 Å². The zero-order valence-electron chi connectivity index (χ0n) is 15.2. The molecule has 0 aliphatic rings. The van der Waals surface area contributed by atoms with Crippen LogP contribution in [-0.4, -0.2) is 25.5 Å². The zero-order valence-corrected chi connectivity index (χ0v) is 16.8. The van der Waals surface area contributed by atoms with Crippen LogP contribution in [0, 0.1) is 13.8 Å². The van der Waals surface area contributed by atoms with E-state index in [0.717, 1.165) is 22.5 Å². The number of nitrogens with zero attached hydrogens (tertiary/aromatic N) is 4. The van der Waals surface area contributed by atoms with E-state index in [1.54, 1.807) is 4.52 Å². The van der Waals surface area contributed by atoms with Gasteiger partial charge < -0.3 is 11.1 Å². The number of benzene rings is 1. The van der Waals surface area contributed by atoms with Crippen LogP contribution in [0.4, 0.5) is 0 Å². The minimum absolute atomic E-state index is 0. The molecule has 0 aliphatic heterocycles. The van der Waals surface area contributed by atoms with Crippen LogP contribution in [0.25, 0.3) is 5.78 Å². The largest absolute Gasteiger partial charge is 0.352 e. The highest BCUT2D eigenvalue weighted by atomic mass is 35.5. The molecule has 7 nitrogen and oxygen atoms in total. The van der Waals surface area contributed by atoms with Crippen LogP contribution in [0.1, 0.15) is 34.8 Å². The molecule has 0 fully saturated rings. The van der Waals surface area contributed by atoms with E-state index in [1.165, 1.54) is 0 Å². The van der Waals surface area contributed by atoms with E-state index >= 15 is 0 Å². The summed E-state index contributed by atoms with van der Waals surface area (Å²) in [7, 11) is 0. The maximum absolute atomic E-state index is 12.2. The Kier molecular flexibility index (Phi) is 7.12. The molecular weight excluding hydrogens is 387 g/mol. The second-order valence-electron chi connectivity index (χ2n) is 6.11. The number of aromatic nitrogens is 4. The molecule has 144 valence electrons. The molecule has 2 heterocycles. The average molecular weight is 409 g/mol. The number of halogens is 2. The third-order valence-electron chi connectivity index (χ3n) is 4.28. The van der Waals surface area contributed by atoms with Gasteiger partial charge in [-0.2, -0.15) is 4.98 Å². The highest BCUT2D eigenvalue weighted by Gasteiger charge is 2.14. The van der Waals surface area contributed by atoms with Gasteiger partial charge in [0.1, 0.15) is 0 Å². The molecule has 27 heavy (non-hydrogen) atoms. The first-order chi connectivity index (χ1) is 12.5. The van der Waals surface area contributed by atoms with E-state index in [-0.39, 0.29) is 24.9 Å². The Morgan fingerprint density at radius 2 is 1.93 bits per heavy atom. The molecule has 0 radical (unpaired) electrons. The summed E-state index contributed by atoms with van der Waals surface area (Å²) in [5.41, 5.74) is 9.41. The number of amides is 1. The zero-order chi connectivity index (χ0) is 18.7. The van der Waals surface area contributed by atoms with E-state index < -0.39 is 0 Å². The molecule has 0 unspecified atom stereocenters. The van der Waals surface area contributed by atoms with Crippen molar-refractivity contribution in [2.24, 2.45) is 5.73 Å². The van der Waals surface area contributed by atoms with Crippen LogP contribution in [0.2, 0.25) is 5.02 Å². The molecule has 0 bridgehead atoms. The third kappa shape index (κ3) is 4.94. The predicted molar refractivity (Wildman–Crippen MR) is 107 cm³/mol. The van der Waals surface area contributed by atoms with E-state index in [1.807, 2.05) is 38.1 Å². The van der Waals surface area contributed by atoms with Crippen LogP contribution < -0.4 is 11.1 Å². The van der Waals surface area contributed by atoms with Gasteiger partial charge >= 0.3 is 0 Å². The second-order valence-corrected chi connectivity index (χ2v) is 6.54. The second kappa shape index (κ2) is 9.12. The highest BCUT2D eigenvalue weighted by Crippen LogP contribution is 2.16. The van der Waals surface area contributed by atoms with Crippen molar-refractivity contribution in [3.05, 3.63) is 57.6 Å². The van der Waals surface area contributed by atoms with Gasteiger partial charge in [-0.3, -0.25) is 4.79 Å². The van der Waals surface area contributed by atoms with Crippen molar-refractivity contribution in [2.75, 3.05) is 0 Å². The Hall–Kier alpha value is -2.22. The Morgan fingerprint density at radius 1 is 1.22 bits per heavy atom. The van der Waals surface area contributed by atoms with Gasteiger partial charge in [0.15, 0.2) is 5.82 Å². The smallest absolute Gasteiger partial charge is 0.252 e. The lowest BCUT2D eigenvalue weighted by atomic mass is 10.1. The number of nitrogens with two attached hydrogens (primary N) is 1. The van der Waals surface area contributed by atoms with Crippen molar-refractivity contribution in [2.45, 2.75) is 39.8 Å². The first kappa shape index (κ1) is 21.1. The highest BCUT2D eigenvalue weighted by molar-refractivity contribution is 6.30. The summed E-state index contributed by atoms with van der Waals surface area (Å²) in [6.45, 7) is 4.63. The Labute approximate surface area is 168 Å². The lowest BCUT2D eigenvalue weighted by Crippen LogP contribution is -2.23. The molecule has 0 saturated heterocycles. The van der Waals surface area contributed by atoms with E-state index in [4.69, 9.17) is 17.3 Å². The quantitative estimate of drug-likeness (QED) is 0.652. The number of aryl methyl sites for hydroxylation is 2. The van der Waals surface area contributed by atoms with Crippen LogP contribution in [0.3, 0.4) is 0 Å². The van der Waals surface area contributed by atoms with Crippen LogP contribution in [0.5, 0.6) is 0 Å². The molecule has 1 amide bonds. The van der Waals surface area contributed by atoms with Gasteiger partial charge in [0, 0.05) is 29.4 Å². The van der Waals surface area contributed by atoms with Gasteiger partial charge in [-0.25, -0.2) is 9.50 Å². The van der Waals surface area contributed by atoms with Crippen LogP contribution in [0.15, 0.2) is 24.3 Å². The van der Waals surface area contributed by atoms with E-state index in [9.17, 15) is 4.79 Å². The van der Waals surface area contributed by atoms with Gasteiger partial charge in [-0.05, 0) is 43.5 Å². The molecule has 9 heteroatoms. The van der Waals surface area contributed by atoms with Crippen LogP contribution >= 0.6 is 24.0 Å². The van der Waals surface area contributed by atoms with Crippen molar-refractivity contribution >= 4 is 35.7 Å². The average Bonchev–Trinajstić information content (AvgIpc) is 3.04. The molecule has 3 rings (SSSR count). The molecule has 3 N–H and O–H groups in total. The molecule has 2 aromatic heterocycles. The van der Waals surface area contributed by atoms with E-state index in [0.29, 0.717) is 36.0 Å². The molecule has 0 aliphatic carbocycles. The van der Waals surface area contributed by atoms with E-state index in [2.05, 4.69) is 20.4 Å². The number of hydrogen-bond donors (Lipinski definition) is 2. The first-order valence-corrected chi connectivity index (χ1v) is 8.78. The number of carbonyl (C=O) groups is 1. The Morgan fingerprint density at radius 3 is 2.59 bits per heavy atom. The number of nitrogens with one attached hydrogen (secondary N) is 1. The fourth-order valence-electron chi connectivity index (χ4n) is 2.83. The molecule has 0 atom stereocenters. The molecule has 0 spiro atoms. The summed E-state index contributed by atoms with van der Waals surface area (Å²) in [6, 6.07) is 7.41. The van der Waals surface area contributed by atoms with Crippen LogP contribution in [-0.2, 0) is 24.3 Å². The Bertz CT molecular complexity index is 939. The monoisotopic (exact) mass is 408 g/mol. The summed E-state index contributed by atoms with van der Waals surface area (Å²) in [6.07, 6.45) is 0.964. The van der Waals surface area contributed by atoms with Gasteiger partial charge in [-0.1, -0.05) is 23.7 Å². The summed E-state index contributed by atoms with van der Waals surface area (Å²) in [5, 5.41) is 7.95. The molecule has 1 aromatic carbocycles. The van der Waals surface area contributed by atoms with Crippen molar-refractivity contribution in [1.29, 1.82) is 0 Å². The van der Waals surface area contributed by atoms with Crippen molar-refractivity contribution in [3.8, 4) is 0 Å². The minimum Gasteiger partial charge on any atom is -0.352 e. The standard InChI is InChI=1S/C18H21ClN6O.ClH/c1-11-15(12(2)25-18(22-11)23-16(9-20)24-25)7-8-17(26)21-10-13-3-5-14(19)6-4-13;/h3-6H,7-10,20H2,1-2H3,(H,21,26);1H. The van der Waals surface area contributed by atoms with Crippen molar-refractivity contribution in [1.82, 2.24) is 24.9 Å². The number of hydrogen-bond acceptors (Lipinski definition) is 5. The number of rotatable bonds is 6. The van der Waals surface area contributed by atoms with Crippen molar-refractivity contribution < 1.29 is 4.79 Å². The fraction of sp³-hybridized carbons (Fsp3) is 0.333. The summed E-state index contributed by atoms with van der Waals surface area (Å²) in [5.74, 6) is 1.08. The number of fused-ring (bicyclic) bond motifs is 1. The maximum Gasteiger partial charge on any atom is 0.252 e. The summed E-state index contributed by atoms with van der Waals surface area (Å²) >= 11 is 5.86. The predicted octanol–water partition coefficient (Wildman–Crippen LogP) is 2.52. The lowest BCUT2D eigenvalue weighted by molar-refractivity contribution is -0.121. The van der Waals surface area contributed by atoms with Crippen molar-refractivity contribution in [3.63, 3.8) is 0 Å². The fourth-order valence-corrected chi connectivity index (χ4v) is 2.95. The minimum atomic E-state index is -0.0138. The molecular formula is C18H22Cl2N6O. The maximum atomic E-state index is 12.2. The number of carbonyl (C=O) groups excluding carboxylic acids is 1. The van der Waals surface area contributed by atoms with Gasteiger partial charge in [0.05, 0.1) is 6.54 Å². The van der Waals surface area contributed by atoms with Gasteiger partial charge in [-0.15, -0.1) is 17.5 Å². The lowest BCUT2D eigenvalue weighted by Gasteiger charge is -2.10. The third-order valence-corrected chi connectivity index (χ3v) is 4.53. The topological polar surface area (TPSA) is 98.2 Å². The summed E-state index contributed by atoms with van der Waals surface area (Å²) < 4.78 is 1.69. The molecule has 0 saturated carbocycles. The first-order valence-electron chi connectivity index (χ1n) is 8.41. The SMILES string of the molecule is Cc1nc2nc(CN)nn2c(C)c1CCC(=O)NCc1ccc(Cl)cc1.Cl.